The number of carbonyl (C=O) groups is 2. The van der Waals surface area contributed by atoms with Crippen LogP contribution in [0.15, 0.2) is 73.1 Å². The van der Waals surface area contributed by atoms with Crippen molar-refractivity contribution in [2.75, 3.05) is 44.7 Å². The van der Waals surface area contributed by atoms with Crippen LogP contribution in [-0.2, 0) is 22.7 Å². The molecule has 2 aromatic carbocycles. The van der Waals surface area contributed by atoms with Crippen molar-refractivity contribution in [1.29, 1.82) is 0 Å². The predicted octanol–water partition coefficient (Wildman–Crippen LogP) is 2.40. The normalized spacial score (nSPS) is 12.9. The van der Waals surface area contributed by atoms with Crippen LogP contribution in [0.5, 0.6) is 0 Å². The number of hydrogen-bond acceptors (Lipinski definition) is 5. The smallest absolute Gasteiger partial charge is 0.256 e. The lowest BCUT2D eigenvalue weighted by molar-refractivity contribution is -0.145. The van der Waals surface area contributed by atoms with Crippen molar-refractivity contribution in [3.8, 4) is 5.69 Å². The van der Waals surface area contributed by atoms with Gasteiger partial charge in [-0.15, -0.1) is 0 Å². The highest BCUT2D eigenvalue weighted by Crippen LogP contribution is 2.24. The van der Waals surface area contributed by atoms with Crippen LogP contribution in [0.2, 0.25) is 0 Å². The van der Waals surface area contributed by atoms with Gasteiger partial charge in [0.1, 0.15) is 0 Å². The van der Waals surface area contributed by atoms with E-state index in [2.05, 4.69) is 22.8 Å². The fraction of sp³-hybridized carbons (Fsp3) is 0.333. The van der Waals surface area contributed by atoms with E-state index in [9.17, 15) is 9.59 Å². The molecule has 0 saturated heterocycles. The molecular weight excluding hydrogens is 440 g/mol. The zero-order valence-electron chi connectivity index (χ0n) is 20.5. The lowest BCUT2D eigenvalue weighted by Crippen LogP contribution is -2.48. The lowest BCUT2D eigenvalue weighted by Gasteiger charge is -2.31. The molecule has 8 nitrogen and oxygen atoms in total. The average molecular weight is 475 g/mol. The van der Waals surface area contributed by atoms with Gasteiger partial charge >= 0.3 is 0 Å². The number of benzene rings is 2. The number of rotatable bonds is 11. The van der Waals surface area contributed by atoms with Gasteiger partial charge in [-0.25, -0.2) is 5.01 Å². The van der Waals surface area contributed by atoms with Gasteiger partial charge < -0.3 is 20.1 Å². The van der Waals surface area contributed by atoms with Crippen LogP contribution in [0.4, 0.5) is 5.69 Å². The van der Waals surface area contributed by atoms with E-state index >= 15 is 0 Å². The molecule has 2 heterocycles. The molecule has 2 N–H and O–H groups in total. The molecule has 2 amide bonds. The van der Waals surface area contributed by atoms with Crippen molar-refractivity contribution in [1.82, 2.24) is 25.2 Å². The first-order chi connectivity index (χ1) is 17.0. The number of fused-ring (bicyclic) bond motifs is 1. The summed E-state index contributed by atoms with van der Waals surface area (Å²) >= 11 is 0. The minimum absolute atomic E-state index is 0.0623. The van der Waals surface area contributed by atoms with E-state index < -0.39 is 0 Å². The molecule has 0 atom stereocenters. The average Bonchev–Trinajstić information content (AvgIpc) is 3.56. The highest BCUT2D eigenvalue weighted by molar-refractivity contribution is 5.86. The SMILES string of the molecule is CCNCCNC(=O)CN(CC(=O)N(C)N1Cc2ccccc2C1)c1ccc(-n2cccc2)cc1. The maximum atomic E-state index is 13.3. The number of likely N-dealkylation sites (N-methyl/N-ethyl adjacent to an activating group) is 2. The van der Waals surface area contributed by atoms with E-state index in [1.807, 2.05) is 82.3 Å². The molecule has 1 aliphatic rings. The zero-order valence-corrected chi connectivity index (χ0v) is 20.5. The highest BCUT2D eigenvalue weighted by Gasteiger charge is 2.26. The summed E-state index contributed by atoms with van der Waals surface area (Å²) in [5, 5.41) is 9.86. The number of carbonyl (C=O) groups excluding carboxylic acids is 2. The highest BCUT2D eigenvalue weighted by atomic mass is 16.2. The van der Waals surface area contributed by atoms with Crippen LogP contribution in [-0.4, -0.2) is 66.2 Å². The van der Waals surface area contributed by atoms with Crippen LogP contribution in [0.3, 0.4) is 0 Å². The van der Waals surface area contributed by atoms with Gasteiger partial charge in [0.2, 0.25) is 5.91 Å². The summed E-state index contributed by atoms with van der Waals surface area (Å²) in [4.78, 5) is 27.8. The van der Waals surface area contributed by atoms with Crippen molar-refractivity contribution in [2.45, 2.75) is 20.0 Å². The largest absolute Gasteiger partial charge is 0.353 e. The quantitative estimate of drug-likeness (QED) is 0.418. The Balaban J connectivity index is 1.44. The second kappa shape index (κ2) is 11.7. The molecule has 0 unspecified atom stereocenters. The number of hydrazine groups is 1. The van der Waals surface area contributed by atoms with Gasteiger partial charge in [0.15, 0.2) is 0 Å². The molecule has 3 aromatic rings. The molecule has 0 fully saturated rings. The zero-order chi connectivity index (χ0) is 24.6. The summed E-state index contributed by atoms with van der Waals surface area (Å²) in [6.07, 6.45) is 3.97. The topological polar surface area (TPSA) is 72.8 Å². The number of amides is 2. The van der Waals surface area contributed by atoms with Gasteiger partial charge in [-0.3, -0.25) is 14.6 Å². The number of nitrogens with one attached hydrogen (secondary N) is 2. The summed E-state index contributed by atoms with van der Waals surface area (Å²) in [7, 11) is 1.80. The number of aromatic nitrogens is 1. The molecule has 4 rings (SSSR count). The molecule has 0 saturated carbocycles. The van der Waals surface area contributed by atoms with E-state index in [1.54, 1.807) is 12.1 Å². The molecule has 1 aromatic heterocycles. The van der Waals surface area contributed by atoms with Gasteiger partial charge in [0, 0.05) is 57.0 Å². The summed E-state index contributed by atoms with van der Waals surface area (Å²) in [5.41, 5.74) is 4.33. The van der Waals surface area contributed by atoms with Gasteiger partial charge in [-0.05, 0) is 54.1 Å². The van der Waals surface area contributed by atoms with E-state index in [0.717, 1.165) is 17.9 Å². The van der Waals surface area contributed by atoms with Crippen LogP contribution in [0, 0.1) is 0 Å². The molecule has 8 heteroatoms. The minimum Gasteiger partial charge on any atom is -0.353 e. The van der Waals surface area contributed by atoms with Gasteiger partial charge in [-0.1, -0.05) is 31.2 Å². The standard InChI is InChI=1S/C27H34N6O2/c1-3-28-14-15-29-26(34)20-32(25-12-10-24(11-13-25)31-16-6-7-17-31)21-27(35)30(2)33-18-22-8-4-5-9-23(22)19-33/h4-13,16-17,28H,3,14-15,18-21H2,1-2H3,(H,29,34). The van der Waals surface area contributed by atoms with Gasteiger partial charge in [0.05, 0.1) is 13.1 Å². The van der Waals surface area contributed by atoms with Crippen LogP contribution >= 0.6 is 0 Å². The Labute approximate surface area is 207 Å². The van der Waals surface area contributed by atoms with E-state index in [1.165, 1.54) is 11.1 Å². The van der Waals surface area contributed by atoms with Gasteiger partial charge in [0.25, 0.3) is 5.91 Å². The molecule has 0 radical (unpaired) electrons. The summed E-state index contributed by atoms with van der Waals surface area (Å²) in [6, 6.07) is 20.1. The molecule has 0 aliphatic carbocycles. The van der Waals surface area contributed by atoms with Crippen molar-refractivity contribution in [3.63, 3.8) is 0 Å². The molecule has 184 valence electrons. The van der Waals surface area contributed by atoms with Crippen molar-refractivity contribution in [2.24, 2.45) is 0 Å². The minimum atomic E-state index is -0.110. The Kier molecular flexibility index (Phi) is 8.18. The monoisotopic (exact) mass is 474 g/mol. The Bertz CT molecular complexity index is 1090. The van der Waals surface area contributed by atoms with Gasteiger partial charge in [-0.2, -0.15) is 0 Å². The summed E-state index contributed by atoms with van der Waals surface area (Å²) in [6.45, 7) is 5.77. The number of anilines is 1. The van der Waals surface area contributed by atoms with E-state index in [4.69, 9.17) is 0 Å². The Morgan fingerprint density at radius 1 is 0.886 bits per heavy atom. The first-order valence-corrected chi connectivity index (χ1v) is 12.1. The Morgan fingerprint density at radius 3 is 2.17 bits per heavy atom. The van der Waals surface area contributed by atoms with Crippen molar-refractivity contribution in [3.05, 3.63) is 84.2 Å². The van der Waals surface area contributed by atoms with Crippen LogP contribution < -0.4 is 15.5 Å². The fourth-order valence-corrected chi connectivity index (χ4v) is 4.23. The third-order valence-electron chi connectivity index (χ3n) is 6.26. The van der Waals surface area contributed by atoms with Crippen molar-refractivity contribution < 1.29 is 9.59 Å². The van der Waals surface area contributed by atoms with Crippen LogP contribution in [0.25, 0.3) is 5.69 Å². The Hall–Kier alpha value is -3.62. The Morgan fingerprint density at radius 2 is 1.54 bits per heavy atom. The summed E-state index contributed by atoms with van der Waals surface area (Å²) < 4.78 is 2.02. The molecule has 0 bridgehead atoms. The second-order valence-corrected chi connectivity index (χ2v) is 8.68. The molecule has 1 aliphatic heterocycles. The molecular formula is C27H34N6O2. The third kappa shape index (κ3) is 6.29. The summed E-state index contributed by atoms with van der Waals surface area (Å²) in [5.74, 6) is -0.172. The fourth-order valence-electron chi connectivity index (χ4n) is 4.23. The third-order valence-corrected chi connectivity index (χ3v) is 6.26. The lowest BCUT2D eigenvalue weighted by atomic mass is 10.1. The maximum Gasteiger partial charge on any atom is 0.256 e. The second-order valence-electron chi connectivity index (χ2n) is 8.68. The predicted molar refractivity (Wildman–Crippen MR) is 138 cm³/mol. The first kappa shape index (κ1) is 24.5. The number of hydrogen-bond donors (Lipinski definition) is 2. The molecule has 35 heavy (non-hydrogen) atoms. The number of nitrogens with zero attached hydrogens (tertiary/aromatic N) is 4. The molecule has 0 spiro atoms. The van der Waals surface area contributed by atoms with E-state index in [-0.39, 0.29) is 24.9 Å². The first-order valence-electron chi connectivity index (χ1n) is 12.1. The van der Waals surface area contributed by atoms with Crippen LogP contribution in [0.1, 0.15) is 18.1 Å². The van der Waals surface area contributed by atoms with E-state index in [0.29, 0.717) is 26.2 Å². The maximum absolute atomic E-state index is 13.3. The van der Waals surface area contributed by atoms with Crippen molar-refractivity contribution >= 4 is 17.5 Å².